The topological polar surface area (TPSA) is 84.3 Å². The first-order chi connectivity index (χ1) is 11.4. The second kappa shape index (κ2) is 7.90. The molecule has 0 aromatic heterocycles. The molecule has 0 fully saturated rings. The summed E-state index contributed by atoms with van der Waals surface area (Å²) < 4.78 is 0. The molecule has 0 bridgehead atoms. The lowest BCUT2D eigenvalue weighted by Crippen LogP contribution is -2.30. The minimum absolute atomic E-state index is 0.0118. The molecule has 0 aliphatic heterocycles. The van der Waals surface area contributed by atoms with Crippen LogP contribution in [0.3, 0.4) is 0 Å². The van der Waals surface area contributed by atoms with Crippen molar-refractivity contribution in [2.24, 2.45) is 0 Å². The maximum absolute atomic E-state index is 12.1. The highest BCUT2D eigenvalue weighted by molar-refractivity contribution is 6.31. The Hall–Kier alpha value is -2.44. The molecule has 1 amide bonds. The smallest absolute Gasteiger partial charge is 0.293 e. The van der Waals surface area contributed by atoms with Crippen molar-refractivity contribution in [3.8, 4) is 0 Å². The first-order valence-corrected chi connectivity index (χ1v) is 7.79. The maximum Gasteiger partial charge on any atom is 0.293 e. The van der Waals surface area contributed by atoms with Crippen molar-refractivity contribution in [3.05, 3.63) is 68.7 Å². The summed E-state index contributed by atoms with van der Waals surface area (Å²) in [5, 5.41) is 17.4. The highest BCUT2D eigenvalue weighted by Gasteiger charge is 2.18. The Labute approximate surface area is 145 Å². The van der Waals surface area contributed by atoms with Gasteiger partial charge >= 0.3 is 0 Å². The van der Waals surface area contributed by atoms with Crippen molar-refractivity contribution in [2.75, 3.05) is 11.9 Å². The number of nitrogens with zero attached hydrogens (tertiary/aromatic N) is 1. The van der Waals surface area contributed by atoms with E-state index in [0.29, 0.717) is 10.6 Å². The van der Waals surface area contributed by atoms with Gasteiger partial charge in [-0.3, -0.25) is 14.9 Å². The SMILES string of the molecule is Cc1cccc([N+](=O)[O-])c1NC(=O)CN[C@H](C)c1ccccc1Cl. The van der Waals surface area contributed by atoms with Gasteiger partial charge in [-0.1, -0.05) is 41.9 Å². The molecule has 2 rings (SSSR count). The molecule has 24 heavy (non-hydrogen) atoms. The van der Waals surface area contributed by atoms with E-state index in [9.17, 15) is 14.9 Å². The fourth-order valence-corrected chi connectivity index (χ4v) is 2.63. The third-order valence-electron chi connectivity index (χ3n) is 3.65. The Bertz CT molecular complexity index is 764. The third kappa shape index (κ3) is 4.31. The Morgan fingerprint density at radius 1 is 1.25 bits per heavy atom. The molecule has 126 valence electrons. The van der Waals surface area contributed by atoms with Gasteiger partial charge in [0.1, 0.15) is 5.69 Å². The molecule has 0 unspecified atom stereocenters. The normalized spacial score (nSPS) is 11.8. The minimum atomic E-state index is -0.511. The third-order valence-corrected chi connectivity index (χ3v) is 4.00. The first-order valence-electron chi connectivity index (χ1n) is 7.42. The highest BCUT2D eigenvalue weighted by Crippen LogP contribution is 2.27. The monoisotopic (exact) mass is 347 g/mol. The lowest BCUT2D eigenvalue weighted by molar-refractivity contribution is -0.384. The summed E-state index contributed by atoms with van der Waals surface area (Å²) in [5.74, 6) is -0.355. The zero-order valence-electron chi connectivity index (χ0n) is 13.4. The van der Waals surface area contributed by atoms with Crippen molar-refractivity contribution in [3.63, 3.8) is 0 Å². The summed E-state index contributed by atoms with van der Waals surface area (Å²) in [6.45, 7) is 3.62. The zero-order valence-corrected chi connectivity index (χ0v) is 14.1. The van der Waals surface area contributed by atoms with Crippen LogP contribution in [-0.2, 0) is 4.79 Å². The number of carbonyl (C=O) groups excluding carboxylic acids is 1. The van der Waals surface area contributed by atoms with E-state index in [0.717, 1.165) is 5.56 Å². The lowest BCUT2D eigenvalue weighted by Gasteiger charge is -2.16. The van der Waals surface area contributed by atoms with Gasteiger partial charge in [0.15, 0.2) is 0 Å². The van der Waals surface area contributed by atoms with Crippen LogP contribution in [0.2, 0.25) is 5.02 Å². The number of benzene rings is 2. The molecule has 7 heteroatoms. The number of nitro benzene ring substituents is 1. The predicted molar refractivity (Wildman–Crippen MR) is 94.3 cm³/mol. The molecule has 2 aromatic carbocycles. The number of hydrogen-bond acceptors (Lipinski definition) is 4. The van der Waals surface area contributed by atoms with E-state index in [1.807, 2.05) is 25.1 Å². The van der Waals surface area contributed by atoms with Crippen LogP contribution >= 0.6 is 11.6 Å². The Balaban J connectivity index is 2.02. The standard InChI is InChI=1S/C17H18ClN3O3/c1-11-6-5-9-15(21(23)24)17(11)20-16(22)10-19-12(2)13-7-3-4-8-14(13)18/h3-9,12,19H,10H2,1-2H3,(H,20,22)/t12-/m1/s1. The van der Waals surface area contributed by atoms with Gasteiger partial charge in [0, 0.05) is 17.1 Å². The highest BCUT2D eigenvalue weighted by atomic mass is 35.5. The van der Waals surface area contributed by atoms with E-state index >= 15 is 0 Å². The van der Waals surface area contributed by atoms with Crippen molar-refractivity contribution in [1.82, 2.24) is 5.32 Å². The molecule has 0 aliphatic rings. The molecular weight excluding hydrogens is 330 g/mol. The minimum Gasteiger partial charge on any atom is -0.319 e. The molecule has 0 heterocycles. The van der Waals surface area contributed by atoms with Crippen molar-refractivity contribution in [2.45, 2.75) is 19.9 Å². The van der Waals surface area contributed by atoms with Gasteiger partial charge in [-0.05, 0) is 31.0 Å². The number of para-hydroxylation sites is 1. The van der Waals surface area contributed by atoms with Crippen LogP contribution in [-0.4, -0.2) is 17.4 Å². The van der Waals surface area contributed by atoms with Gasteiger partial charge < -0.3 is 10.6 Å². The largest absolute Gasteiger partial charge is 0.319 e. The van der Waals surface area contributed by atoms with Crippen molar-refractivity contribution in [1.29, 1.82) is 0 Å². The molecule has 6 nitrogen and oxygen atoms in total. The zero-order chi connectivity index (χ0) is 17.7. The fraction of sp³-hybridized carbons (Fsp3) is 0.235. The molecule has 0 radical (unpaired) electrons. The Morgan fingerprint density at radius 3 is 2.62 bits per heavy atom. The average Bonchev–Trinajstić information content (AvgIpc) is 2.54. The Morgan fingerprint density at radius 2 is 1.96 bits per heavy atom. The lowest BCUT2D eigenvalue weighted by atomic mass is 10.1. The van der Waals surface area contributed by atoms with Crippen molar-refractivity contribution >= 4 is 28.9 Å². The van der Waals surface area contributed by atoms with Crippen LogP contribution in [0.1, 0.15) is 24.1 Å². The van der Waals surface area contributed by atoms with Gasteiger partial charge in [0.25, 0.3) is 5.69 Å². The number of rotatable bonds is 6. The van der Waals surface area contributed by atoms with E-state index < -0.39 is 4.92 Å². The maximum atomic E-state index is 12.1. The summed E-state index contributed by atoms with van der Waals surface area (Å²) in [4.78, 5) is 22.7. The van der Waals surface area contributed by atoms with Gasteiger partial charge in [0.2, 0.25) is 5.91 Å². The van der Waals surface area contributed by atoms with Crippen LogP contribution in [0, 0.1) is 17.0 Å². The molecule has 1 atom stereocenters. The van der Waals surface area contributed by atoms with Gasteiger partial charge in [-0.25, -0.2) is 0 Å². The predicted octanol–water partition coefficient (Wildman–Crippen LogP) is 3.85. The molecule has 0 spiro atoms. The van der Waals surface area contributed by atoms with E-state index in [1.54, 1.807) is 25.1 Å². The number of amides is 1. The van der Waals surface area contributed by atoms with E-state index in [2.05, 4.69) is 10.6 Å². The molecule has 0 saturated heterocycles. The number of nitrogens with one attached hydrogen (secondary N) is 2. The van der Waals surface area contributed by atoms with Crippen LogP contribution in [0.25, 0.3) is 0 Å². The number of hydrogen-bond donors (Lipinski definition) is 2. The van der Waals surface area contributed by atoms with Crippen molar-refractivity contribution < 1.29 is 9.72 Å². The average molecular weight is 348 g/mol. The van der Waals surface area contributed by atoms with Crippen LogP contribution < -0.4 is 10.6 Å². The van der Waals surface area contributed by atoms with Gasteiger partial charge in [-0.2, -0.15) is 0 Å². The van der Waals surface area contributed by atoms with Gasteiger partial charge in [-0.15, -0.1) is 0 Å². The summed E-state index contributed by atoms with van der Waals surface area (Å²) >= 11 is 6.13. The summed E-state index contributed by atoms with van der Waals surface area (Å²) in [7, 11) is 0. The number of carbonyl (C=O) groups is 1. The number of anilines is 1. The summed E-state index contributed by atoms with van der Waals surface area (Å²) in [5.41, 5.74) is 1.62. The second-order valence-corrected chi connectivity index (χ2v) is 5.81. The molecule has 0 aliphatic carbocycles. The number of halogens is 1. The molecule has 2 N–H and O–H groups in total. The fourth-order valence-electron chi connectivity index (χ4n) is 2.33. The van der Waals surface area contributed by atoms with E-state index in [1.165, 1.54) is 6.07 Å². The molecular formula is C17H18ClN3O3. The summed E-state index contributed by atoms with van der Waals surface area (Å²) in [6.07, 6.45) is 0. The van der Waals surface area contributed by atoms with Crippen LogP contribution in [0.5, 0.6) is 0 Å². The summed E-state index contributed by atoms with van der Waals surface area (Å²) in [6, 6.07) is 11.9. The second-order valence-electron chi connectivity index (χ2n) is 5.40. The Kier molecular flexibility index (Phi) is 5.89. The van der Waals surface area contributed by atoms with E-state index in [4.69, 9.17) is 11.6 Å². The molecule has 2 aromatic rings. The van der Waals surface area contributed by atoms with Crippen LogP contribution in [0.15, 0.2) is 42.5 Å². The number of aryl methyl sites for hydroxylation is 1. The molecule has 0 saturated carbocycles. The van der Waals surface area contributed by atoms with Crippen LogP contribution in [0.4, 0.5) is 11.4 Å². The quantitative estimate of drug-likeness (QED) is 0.614. The number of nitro groups is 1. The first kappa shape index (κ1) is 17.9. The van der Waals surface area contributed by atoms with E-state index in [-0.39, 0.29) is 29.9 Å². The van der Waals surface area contributed by atoms with Gasteiger partial charge in [0.05, 0.1) is 11.5 Å².